The number of methoxy groups -OCH3 is 1. The van der Waals surface area contributed by atoms with Gasteiger partial charge in [0, 0.05) is 50.9 Å². The van der Waals surface area contributed by atoms with Crippen molar-refractivity contribution in [3.63, 3.8) is 0 Å². The molecule has 4 amide bonds. The number of para-hydroxylation sites is 1. The lowest BCUT2D eigenvalue weighted by Crippen LogP contribution is -2.51. The smallest absolute Gasteiger partial charge is 0.322 e. The van der Waals surface area contributed by atoms with Gasteiger partial charge in [-0.05, 0) is 119 Å². The summed E-state index contributed by atoms with van der Waals surface area (Å²) in [6, 6.07) is 12.2. The predicted molar refractivity (Wildman–Crippen MR) is 184 cm³/mol. The maximum Gasteiger partial charge on any atom is 0.322 e. The Balaban J connectivity index is 1.10. The number of rotatable bonds is 8. The van der Waals surface area contributed by atoms with Crippen LogP contribution in [0.25, 0.3) is 0 Å². The van der Waals surface area contributed by atoms with Crippen molar-refractivity contribution in [2.24, 2.45) is 17.8 Å². The molecule has 0 bridgehead atoms. The number of hydrogen-bond donors (Lipinski definition) is 1. The van der Waals surface area contributed by atoms with Crippen LogP contribution in [0.1, 0.15) is 67.2 Å². The molecule has 9 heteroatoms. The number of anilines is 1. The average molecular weight is 644 g/mol. The highest BCUT2D eigenvalue weighted by atomic mass is 16.5. The molecule has 6 rings (SSSR count). The molecule has 1 N–H and O–H groups in total. The van der Waals surface area contributed by atoms with E-state index < -0.39 is 5.92 Å². The van der Waals surface area contributed by atoms with E-state index in [4.69, 9.17) is 4.74 Å². The molecule has 9 nitrogen and oxygen atoms in total. The molecule has 3 fully saturated rings. The molecule has 254 valence electrons. The van der Waals surface area contributed by atoms with E-state index in [9.17, 15) is 14.4 Å². The lowest BCUT2D eigenvalue weighted by atomic mass is 9.78. The van der Waals surface area contributed by atoms with Crippen LogP contribution < -0.4 is 10.1 Å². The van der Waals surface area contributed by atoms with Crippen LogP contribution in [0.5, 0.6) is 5.75 Å². The van der Waals surface area contributed by atoms with E-state index in [0.29, 0.717) is 32.0 Å². The van der Waals surface area contributed by atoms with Crippen LogP contribution in [0.15, 0.2) is 36.4 Å². The molecule has 0 aromatic heterocycles. The Morgan fingerprint density at radius 3 is 2.11 bits per heavy atom. The molecular formula is C38H53N5O4. The normalized spacial score (nSPS) is 20.9. The number of urea groups is 1. The Morgan fingerprint density at radius 1 is 0.872 bits per heavy atom. The fraction of sp³-hybridized carbons (Fsp3) is 0.605. The van der Waals surface area contributed by atoms with Crippen LogP contribution in [-0.4, -0.2) is 96.9 Å². The molecular weight excluding hydrogens is 590 g/mol. The van der Waals surface area contributed by atoms with Gasteiger partial charge in [-0.15, -0.1) is 0 Å². The SMILES string of the molecule is COc1c(C)cc(C[C@H](CC(=O)N2CCC(N3Cc4ccccc4NC3=O)CC2)C(=O)N2CCC(C3CCN(C)CC3)CC2)cc1C. The number of nitrogens with one attached hydrogen (secondary N) is 1. The van der Waals surface area contributed by atoms with Crippen molar-refractivity contribution in [2.45, 2.75) is 77.8 Å². The highest BCUT2D eigenvalue weighted by Gasteiger charge is 2.36. The third-order valence-electron chi connectivity index (χ3n) is 11.4. The molecule has 0 radical (unpaired) electrons. The Labute approximate surface area is 280 Å². The first-order chi connectivity index (χ1) is 22.7. The summed E-state index contributed by atoms with van der Waals surface area (Å²) in [5.41, 5.74) is 5.16. The fourth-order valence-corrected chi connectivity index (χ4v) is 8.64. The number of ether oxygens (including phenoxy) is 1. The molecule has 1 atom stereocenters. The highest BCUT2D eigenvalue weighted by molar-refractivity contribution is 5.92. The maximum absolute atomic E-state index is 14.2. The first kappa shape index (κ1) is 33.3. The molecule has 4 aliphatic rings. The van der Waals surface area contributed by atoms with Crippen LogP contribution >= 0.6 is 0 Å². The molecule has 4 aliphatic heterocycles. The van der Waals surface area contributed by atoms with Crippen LogP contribution in [0.2, 0.25) is 0 Å². The number of benzene rings is 2. The van der Waals surface area contributed by atoms with Gasteiger partial charge in [-0.1, -0.05) is 30.3 Å². The van der Waals surface area contributed by atoms with Crippen molar-refractivity contribution >= 4 is 23.5 Å². The Kier molecular flexibility index (Phi) is 10.4. The lowest BCUT2D eigenvalue weighted by Gasteiger charge is -2.41. The first-order valence-corrected chi connectivity index (χ1v) is 17.7. The molecule has 0 aliphatic carbocycles. The zero-order valence-electron chi connectivity index (χ0n) is 28.8. The second-order valence-electron chi connectivity index (χ2n) is 14.5. The van der Waals surface area contributed by atoms with E-state index in [1.807, 2.05) is 46.7 Å². The third-order valence-corrected chi connectivity index (χ3v) is 11.4. The zero-order chi connectivity index (χ0) is 33.1. The molecule has 0 spiro atoms. The van der Waals surface area contributed by atoms with Gasteiger partial charge in [0.15, 0.2) is 0 Å². The summed E-state index contributed by atoms with van der Waals surface area (Å²) in [5.74, 6) is 2.08. The van der Waals surface area contributed by atoms with Crippen molar-refractivity contribution in [2.75, 3.05) is 58.7 Å². The minimum absolute atomic E-state index is 0.0402. The standard InChI is InChI=1S/C38H53N5O4/c1-26-21-28(22-27(2)36(26)47-4)23-32(37(45)42-17-11-30(12-18-42)29-9-15-40(3)16-10-29)24-35(44)41-19-13-33(14-20-41)43-25-31-7-5-6-8-34(31)39-38(43)46/h5-8,21-22,29-30,32-33H,9-20,23-25H2,1-4H3,(H,39,46)/t32-/m1/s1. The maximum atomic E-state index is 14.2. The van der Waals surface area contributed by atoms with Gasteiger partial charge >= 0.3 is 6.03 Å². The second-order valence-corrected chi connectivity index (χ2v) is 14.5. The van der Waals surface area contributed by atoms with Crippen LogP contribution in [0.4, 0.5) is 10.5 Å². The molecule has 4 heterocycles. The fourth-order valence-electron chi connectivity index (χ4n) is 8.64. The molecule has 0 unspecified atom stereocenters. The first-order valence-electron chi connectivity index (χ1n) is 17.7. The number of carbonyl (C=O) groups is 3. The number of hydrogen-bond acceptors (Lipinski definition) is 5. The average Bonchev–Trinajstić information content (AvgIpc) is 3.08. The van der Waals surface area contributed by atoms with Crippen LogP contribution in [0.3, 0.4) is 0 Å². The third kappa shape index (κ3) is 7.61. The monoisotopic (exact) mass is 643 g/mol. The summed E-state index contributed by atoms with van der Waals surface area (Å²) in [5, 5.41) is 3.03. The van der Waals surface area contributed by atoms with Crippen LogP contribution in [0, 0.1) is 31.6 Å². The topological polar surface area (TPSA) is 85.4 Å². The van der Waals surface area contributed by atoms with Crippen molar-refractivity contribution in [3.8, 4) is 5.75 Å². The van der Waals surface area contributed by atoms with Gasteiger partial charge in [-0.3, -0.25) is 9.59 Å². The predicted octanol–water partition coefficient (Wildman–Crippen LogP) is 5.48. The van der Waals surface area contributed by atoms with Gasteiger partial charge in [0.05, 0.1) is 13.0 Å². The Bertz CT molecular complexity index is 1410. The molecule has 0 saturated carbocycles. The minimum Gasteiger partial charge on any atom is -0.496 e. The van der Waals surface area contributed by atoms with Gasteiger partial charge in [0.25, 0.3) is 0 Å². The molecule has 2 aromatic rings. The van der Waals surface area contributed by atoms with Gasteiger partial charge in [-0.2, -0.15) is 0 Å². The van der Waals surface area contributed by atoms with E-state index in [2.05, 4.69) is 35.5 Å². The summed E-state index contributed by atoms with van der Waals surface area (Å²) in [7, 11) is 3.90. The van der Waals surface area contributed by atoms with E-state index in [1.165, 1.54) is 25.9 Å². The number of likely N-dealkylation sites (tertiary alicyclic amines) is 3. The van der Waals surface area contributed by atoms with Crippen molar-refractivity contribution in [1.82, 2.24) is 19.6 Å². The molecule has 2 aromatic carbocycles. The number of fused-ring (bicyclic) bond motifs is 1. The number of aryl methyl sites for hydroxylation is 2. The second kappa shape index (κ2) is 14.7. The van der Waals surface area contributed by atoms with E-state index in [1.54, 1.807) is 7.11 Å². The van der Waals surface area contributed by atoms with Crippen molar-refractivity contribution in [1.29, 1.82) is 0 Å². The van der Waals surface area contributed by atoms with E-state index in [0.717, 1.165) is 78.4 Å². The van der Waals surface area contributed by atoms with Crippen LogP contribution in [-0.2, 0) is 22.6 Å². The van der Waals surface area contributed by atoms with E-state index >= 15 is 0 Å². The number of piperidine rings is 3. The molecule has 47 heavy (non-hydrogen) atoms. The quantitative estimate of drug-likeness (QED) is 0.412. The molecule has 3 saturated heterocycles. The van der Waals surface area contributed by atoms with Crippen molar-refractivity contribution in [3.05, 3.63) is 58.7 Å². The number of carbonyl (C=O) groups excluding carboxylic acids is 3. The summed E-state index contributed by atoms with van der Waals surface area (Å²) in [4.78, 5) is 49.3. The Hall–Kier alpha value is -3.59. The van der Waals surface area contributed by atoms with Gasteiger partial charge in [-0.25, -0.2) is 4.79 Å². The van der Waals surface area contributed by atoms with Gasteiger partial charge in [0.1, 0.15) is 5.75 Å². The van der Waals surface area contributed by atoms with Gasteiger partial charge < -0.3 is 29.7 Å². The lowest BCUT2D eigenvalue weighted by molar-refractivity contribution is -0.143. The minimum atomic E-state index is -0.406. The van der Waals surface area contributed by atoms with E-state index in [-0.39, 0.29) is 30.3 Å². The summed E-state index contributed by atoms with van der Waals surface area (Å²) in [6.45, 7) is 9.77. The summed E-state index contributed by atoms with van der Waals surface area (Å²) >= 11 is 0. The highest BCUT2D eigenvalue weighted by Crippen LogP contribution is 2.34. The zero-order valence-corrected chi connectivity index (χ0v) is 28.8. The number of amides is 4. The Morgan fingerprint density at radius 2 is 1.47 bits per heavy atom. The summed E-state index contributed by atoms with van der Waals surface area (Å²) < 4.78 is 5.60. The largest absolute Gasteiger partial charge is 0.496 e. The summed E-state index contributed by atoms with van der Waals surface area (Å²) in [6.07, 6.45) is 6.86. The van der Waals surface area contributed by atoms with Gasteiger partial charge in [0.2, 0.25) is 11.8 Å². The van der Waals surface area contributed by atoms with Crippen molar-refractivity contribution < 1.29 is 19.1 Å². The number of nitrogens with zero attached hydrogens (tertiary/aromatic N) is 4.